The lowest BCUT2D eigenvalue weighted by molar-refractivity contribution is -0.116. The van der Waals surface area contributed by atoms with E-state index in [1.54, 1.807) is 68.4 Å². The molecule has 6 nitrogen and oxygen atoms in total. The largest absolute Gasteiger partial charge is 0.497 e. The number of likely N-dealkylation sites (N-methyl/N-ethyl adjacent to an activating group) is 1. The van der Waals surface area contributed by atoms with E-state index >= 15 is 0 Å². The molecule has 0 aliphatic rings. The molecule has 1 heterocycles. The Hall–Kier alpha value is -2.76. The van der Waals surface area contributed by atoms with E-state index in [-0.39, 0.29) is 18.4 Å². The SMILES string of the molecule is COc1cccc(NC(=O)CN(C)C(=O)c2cccn2C)c1. The molecular formula is C16H19N3O3. The van der Waals surface area contributed by atoms with E-state index in [0.717, 1.165) is 0 Å². The molecule has 0 aliphatic heterocycles. The molecule has 1 aromatic heterocycles. The molecule has 6 heteroatoms. The van der Waals surface area contributed by atoms with Crippen molar-refractivity contribution < 1.29 is 14.3 Å². The number of carbonyl (C=O) groups excluding carboxylic acids is 2. The topological polar surface area (TPSA) is 63.6 Å². The maximum absolute atomic E-state index is 12.2. The Morgan fingerprint density at radius 3 is 2.68 bits per heavy atom. The lowest BCUT2D eigenvalue weighted by atomic mass is 10.3. The number of anilines is 1. The van der Waals surface area contributed by atoms with Crippen LogP contribution in [-0.2, 0) is 11.8 Å². The first-order valence-corrected chi connectivity index (χ1v) is 6.82. The zero-order valence-electron chi connectivity index (χ0n) is 12.9. The highest BCUT2D eigenvalue weighted by atomic mass is 16.5. The number of rotatable bonds is 5. The van der Waals surface area contributed by atoms with Gasteiger partial charge >= 0.3 is 0 Å². The number of carbonyl (C=O) groups is 2. The number of hydrogen-bond donors (Lipinski definition) is 1. The van der Waals surface area contributed by atoms with Crippen molar-refractivity contribution in [2.24, 2.45) is 7.05 Å². The summed E-state index contributed by atoms with van der Waals surface area (Å²) in [7, 11) is 4.95. The van der Waals surface area contributed by atoms with Crippen LogP contribution in [0.5, 0.6) is 5.75 Å². The van der Waals surface area contributed by atoms with Crippen molar-refractivity contribution in [3.05, 3.63) is 48.3 Å². The molecular weight excluding hydrogens is 282 g/mol. The van der Waals surface area contributed by atoms with Gasteiger partial charge in [0.15, 0.2) is 0 Å². The standard InChI is InChI=1S/C16H19N3O3/c1-18-9-5-8-14(18)16(21)19(2)11-15(20)17-12-6-4-7-13(10-12)22-3/h4-10H,11H2,1-3H3,(H,17,20). The van der Waals surface area contributed by atoms with Gasteiger partial charge in [0, 0.05) is 32.0 Å². The molecule has 2 amide bonds. The molecule has 0 radical (unpaired) electrons. The number of nitrogens with one attached hydrogen (secondary N) is 1. The van der Waals surface area contributed by atoms with Crippen molar-refractivity contribution in [3.63, 3.8) is 0 Å². The zero-order valence-corrected chi connectivity index (χ0v) is 12.9. The highest BCUT2D eigenvalue weighted by Crippen LogP contribution is 2.16. The molecule has 0 fully saturated rings. The smallest absolute Gasteiger partial charge is 0.270 e. The number of aromatic nitrogens is 1. The third-order valence-corrected chi connectivity index (χ3v) is 3.24. The summed E-state index contributed by atoms with van der Waals surface area (Å²) < 4.78 is 6.82. The van der Waals surface area contributed by atoms with E-state index in [1.807, 2.05) is 0 Å². The van der Waals surface area contributed by atoms with E-state index in [0.29, 0.717) is 17.1 Å². The minimum absolute atomic E-state index is 0.0266. The van der Waals surface area contributed by atoms with Crippen molar-refractivity contribution in [1.29, 1.82) is 0 Å². The second-order valence-corrected chi connectivity index (χ2v) is 4.95. The van der Waals surface area contributed by atoms with Gasteiger partial charge in [-0.25, -0.2) is 0 Å². The van der Waals surface area contributed by atoms with Gasteiger partial charge in [0.1, 0.15) is 11.4 Å². The Morgan fingerprint density at radius 1 is 1.27 bits per heavy atom. The molecule has 2 aromatic rings. The first-order valence-electron chi connectivity index (χ1n) is 6.82. The van der Waals surface area contributed by atoms with E-state index in [9.17, 15) is 9.59 Å². The molecule has 0 spiro atoms. The van der Waals surface area contributed by atoms with Crippen LogP contribution < -0.4 is 10.1 Å². The van der Waals surface area contributed by atoms with Crippen molar-refractivity contribution in [3.8, 4) is 5.75 Å². The van der Waals surface area contributed by atoms with Crippen LogP contribution in [-0.4, -0.2) is 42.0 Å². The molecule has 0 saturated carbocycles. The van der Waals surface area contributed by atoms with Gasteiger partial charge in [-0.3, -0.25) is 9.59 Å². The monoisotopic (exact) mass is 301 g/mol. The van der Waals surface area contributed by atoms with Gasteiger partial charge in [0.05, 0.1) is 13.7 Å². The zero-order chi connectivity index (χ0) is 16.1. The van der Waals surface area contributed by atoms with Crippen LogP contribution in [0.4, 0.5) is 5.69 Å². The number of ether oxygens (including phenoxy) is 1. The minimum atomic E-state index is -0.265. The molecule has 0 unspecified atom stereocenters. The van der Waals surface area contributed by atoms with Crippen molar-refractivity contribution in [2.45, 2.75) is 0 Å². The van der Waals surface area contributed by atoms with Crippen LogP contribution >= 0.6 is 0 Å². The summed E-state index contributed by atoms with van der Waals surface area (Å²) in [6.45, 7) is -0.0266. The second-order valence-electron chi connectivity index (χ2n) is 4.95. The summed E-state index contributed by atoms with van der Waals surface area (Å²) >= 11 is 0. The van der Waals surface area contributed by atoms with Crippen molar-refractivity contribution in [1.82, 2.24) is 9.47 Å². The van der Waals surface area contributed by atoms with Gasteiger partial charge in [0.2, 0.25) is 5.91 Å². The fourth-order valence-corrected chi connectivity index (χ4v) is 2.07. The quantitative estimate of drug-likeness (QED) is 0.915. The van der Waals surface area contributed by atoms with Gasteiger partial charge < -0.3 is 19.5 Å². The van der Waals surface area contributed by atoms with Crippen LogP contribution in [0.15, 0.2) is 42.6 Å². The van der Waals surface area contributed by atoms with E-state index in [1.165, 1.54) is 4.90 Å². The fraction of sp³-hybridized carbons (Fsp3) is 0.250. The average molecular weight is 301 g/mol. The summed E-state index contributed by atoms with van der Waals surface area (Å²) in [6.07, 6.45) is 1.79. The number of methoxy groups -OCH3 is 1. The normalized spacial score (nSPS) is 10.1. The lowest BCUT2D eigenvalue weighted by Gasteiger charge is -2.17. The van der Waals surface area contributed by atoms with Crippen LogP contribution in [0.3, 0.4) is 0 Å². The van der Waals surface area contributed by atoms with Gasteiger partial charge in [-0.1, -0.05) is 6.07 Å². The van der Waals surface area contributed by atoms with Crippen LogP contribution in [0, 0.1) is 0 Å². The Labute approximate surface area is 129 Å². The highest BCUT2D eigenvalue weighted by Gasteiger charge is 2.17. The van der Waals surface area contributed by atoms with Gasteiger partial charge in [0.25, 0.3) is 5.91 Å². The minimum Gasteiger partial charge on any atom is -0.497 e. The lowest BCUT2D eigenvalue weighted by Crippen LogP contribution is -2.35. The number of nitrogens with zero attached hydrogens (tertiary/aromatic N) is 2. The van der Waals surface area contributed by atoms with Crippen LogP contribution in [0.25, 0.3) is 0 Å². The predicted molar refractivity (Wildman–Crippen MR) is 84.0 cm³/mol. The van der Waals surface area contributed by atoms with E-state index in [4.69, 9.17) is 4.74 Å². The summed E-state index contributed by atoms with van der Waals surface area (Å²) in [4.78, 5) is 25.6. The number of hydrogen-bond acceptors (Lipinski definition) is 3. The van der Waals surface area contributed by atoms with Crippen molar-refractivity contribution >= 4 is 17.5 Å². The first kappa shape index (κ1) is 15.6. The number of amides is 2. The summed E-state index contributed by atoms with van der Waals surface area (Å²) in [6, 6.07) is 10.6. The maximum atomic E-state index is 12.2. The maximum Gasteiger partial charge on any atom is 0.270 e. The Balaban J connectivity index is 1.96. The molecule has 0 saturated heterocycles. The molecule has 0 aliphatic carbocycles. The molecule has 2 rings (SSSR count). The van der Waals surface area contributed by atoms with Crippen LogP contribution in [0.2, 0.25) is 0 Å². The highest BCUT2D eigenvalue weighted by molar-refractivity contribution is 5.98. The molecule has 1 N–H and O–H groups in total. The number of benzene rings is 1. The fourth-order valence-electron chi connectivity index (χ4n) is 2.07. The summed E-state index contributed by atoms with van der Waals surface area (Å²) in [5.41, 5.74) is 1.17. The predicted octanol–water partition coefficient (Wildman–Crippen LogP) is 1.74. The van der Waals surface area contributed by atoms with E-state index < -0.39 is 0 Å². The molecule has 0 atom stereocenters. The Bertz CT molecular complexity index is 679. The summed E-state index contributed by atoms with van der Waals surface area (Å²) in [5.74, 6) is 0.192. The van der Waals surface area contributed by atoms with Gasteiger partial charge in [-0.2, -0.15) is 0 Å². The van der Waals surface area contributed by atoms with Gasteiger partial charge in [-0.15, -0.1) is 0 Å². The molecule has 0 bridgehead atoms. The van der Waals surface area contributed by atoms with Crippen molar-refractivity contribution in [2.75, 3.05) is 26.0 Å². The summed E-state index contributed by atoms with van der Waals surface area (Å²) in [5, 5.41) is 2.74. The first-order chi connectivity index (χ1) is 10.5. The molecule has 1 aromatic carbocycles. The second kappa shape index (κ2) is 6.80. The number of aryl methyl sites for hydroxylation is 1. The Kier molecular flexibility index (Phi) is 4.83. The Morgan fingerprint density at radius 2 is 2.05 bits per heavy atom. The average Bonchev–Trinajstić information content (AvgIpc) is 2.92. The molecule has 116 valence electrons. The van der Waals surface area contributed by atoms with E-state index in [2.05, 4.69) is 5.32 Å². The van der Waals surface area contributed by atoms with Gasteiger partial charge in [-0.05, 0) is 24.3 Å². The third-order valence-electron chi connectivity index (χ3n) is 3.24. The van der Waals surface area contributed by atoms with Crippen LogP contribution in [0.1, 0.15) is 10.5 Å². The molecule has 22 heavy (non-hydrogen) atoms. The third kappa shape index (κ3) is 3.66.